The molecule has 1 saturated heterocycles. The van der Waals surface area contributed by atoms with E-state index in [2.05, 4.69) is 5.32 Å². The molecule has 0 aromatic heterocycles. The SMILES string of the molecule is O=C(N[C@@H]1CN(Cc2ccc(F)cc2F)C[C@H]1CO)c1ccccc1. The summed E-state index contributed by atoms with van der Waals surface area (Å²) in [5.41, 5.74) is 0.954. The van der Waals surface area contributed by atoms with Crippen molar-refractivity contribution in [2.45, 2.75) is 12.6 Å². The van der Waals surface area contributed by atoms with Crippen LogP contribution in [0.3, 0.4) is 0 Å². The molecule has 1 heterocycles. The molecule has 3 rings (SSSR count). The number of benzene rings is 2. The van der Waals surface area contributed by atoms with E-state index < -0.39 is 11.6 Å². The van der Waals surface area contributed by atoms with Crippen molar-refractivity contribution < 1.29 is 18.7 Å². The van der Waals surface area contributed by atoms with Gasteiger partial charge in [-0.05, 0) is 18.2 Å². The standard InChI is InChI=1S/C19H20F2N2O2/c20-16-7-6-14(17(21)8-16)9-23-10-15(12-24)18(11-23)22-19(25)13-4-2-1-3-5-13/h1-8,15,18,24H,9-12H2,(H,22,25)/t15-,18+/m0/s1. The Morgan fingerprint density at radius 1 is 1.16 bits per heavy atom. The van der Waals surface area contributed by atoms with Crippen LogP contribution >= 0.6 is 0 Å². The lowest BCUT2D eigenvalue weighted by Gasteiger charge is -2.18. The molecule has 0 unspecified atom stereocenters. The first kappa shape index (κ1) is 17.5. The summed E-state index contributed by atoms with van der Waals surface area (Å²) in [5, 5.41) is 12.5. The monoisotopic (exact) mass is 346 g/mol. The zero-order valence-corrected chi connectivity index (χ0v) is 13.7. The molecule has 0 bridgehead atoms. The minimum absolute atomic E-state index is 0.0673. The normalized spacial score (nSPS) is 20.6. The van der Waals surface area contributed by atoms with Gasteiger partial charge in [0.25, 0.3) is 5.91 Å². The second-order valence-corrected chi connectivity index (χ2v) is 6.32. The van der Waals surface area contributed by atoms with Gasteiger partial charge in [-0.25, -0.2) is 8.78 Å². The van der Waals surface area contributed by atoms with Gasteiger partial charge in [-0.3, -0.25) is 9.69 Å². The molecular weight excluding hydrogens is 326 g/mol. The van der Waals surface area contributed by atoms with Crippen LogP contribution in [0.5, 0.6) is 0 Å². The van der Waals surface area contributed by atoms with E-state index in [-0.39, 0.29) is 24.5 Å². The van der Waals surface area contributed by atoms with Crippen molar-refractivity contribution in [2.75, 3.05) is 19.7 Å². The van der Waals surface area contributed by atoms with Crippen LogP contribution < -0.4 is 5.32 Å². The highest BCUT2D eigenvalue weighted by molar-refractivity contribution is 5.94. The first-order valence-electron chi connectivity index (χ1n) is 8.20. The summed E-state index contributed by atoms with van der Waals surface area (Å²) in [6, 6.07) is 12.2. The number of amides is 1. The zero-order chi connectivity index (χ0) is 17.8. The summed E-state index contributed by atoms with van der Waals surface area (Å²) in [4.78, 5) is 14.3. The number of hydrogen-bond donors (Lipinski definition) is 2. The van der Waals surface area contributed by atoms with Crippen molar-refractivity contribution in [3.05, 3.63) is 71.3 Å². The molecule has 2 aromatic carbocycles. The van der Waals surface area contributed by atoms with Crippen molar-refractivity contribution in [3.63, 3.8) is 0 Å². The van der Waals surface area contributed by atoms with Crippen molar-refractivity contribution in [2.24, 2.45) is 5.92 Å². The van der Waals surface area contributed by atoms with Gasteiger partial charge in [0, 0.05) is 55.4 Å². The van der Waals surface area contributed by atoms with Crippen LogP contribution in [0.1, 0.15) is 15.9 Å². The fourth-order valence-electron chi connectivity index (χ4n) is 3.17. The summed E-state index contributed by atoms with van der Waals surface area (Å²) < 4.78 is 26.8. The molecule has 1 fully saturated rings. The molecule has 1 amide bonds. The highest BCUT2D eigenvalue weighted by atomic mass is 19.1. The Bertz CT molecular complexity index is 739. The summed E-state index contributed by atoms with van der Waals surface area (Å²) in [6.45, 7) is 1.27. The van der Waals surface area contributed by atoms with E-state index in [9.17, 15) is 18.7 Å². The maximum absolute atomic E-state index is 13.8. The van der Waals surface area contributed by atoms with Gasteiger partial charge in [-0.15, -0.1) is 0 Å². The average molecular weight is 346 g/mol. The fraction of sp³-hybridized carbons (Fsp3) is 0.316. The molecule has 0 spiro atoms. The number of aliphatic hydroxyl groups excluding tert-OH is 1. The Kier molecular flexibility index (Phi) is 5.40. The number of hydrogen-bond acceptors (Lipinski definition) is 3. The van der Waals surface area contributed by atoms with Gasteiger partial charge in [0.05, 0.1) is 0 Å². The van der Waals surface area contributed by atoms with E-state index in [1.807, 2.05) is 11.0 Å². The Morgan fingerprint density at radius 3 is 2.60 bits per heavy atom. The zero-order valence-electron chi connectivity index (χ0n) is 13.7. The van der Waals surface area contributed by atoms with Gasteiger partial charge in [0.15, 0.2) is 0 Å². The number of rotatable bonds is 5. The molecular formula is C19H20F2N2O2. The Hall–Kier alpha value is -2.31. The fourth-order valence-corrected chi connectivity index (χ4v) is 3.17. The minimum Gasteiger partial charge on any atom is -0.396 e. The summed E-state index contributed by atoms with van der Waals surface area (Å²) >= 11 is 0. The van der Waals surface area contributed by atoms with E-state index in [1.165, 1.54) is 12.1 Å². The topological polar surface area (TPSA) is 52.6 Å². The number of carbonyl (C=O) groups excluding carboxylic acids is 1. The van der Waals surface area contributed by atoms with E-state index in [0.29, 0.717) is 30.8 Å². The van der Waals surface area contributed by atoms with Gasteiger partial charge in [0.2, 0.25) is 0 Å². The molecule has 4 nitrogen and oxygen atoms in total. The highest BCUT2D eigenvalue weighted by Crippen LogP contribution is 2.21. The second kappa shape index (κ2) is 7.72. The third-order valence-electron chi connectivity index (χ3n) is 4.51. The number of halogens is 2. The molecule has 6 heteroatoms. The van der Waals surface area contributed by atoms with Gasteiger partial charge < -0.3 is 10.4 Å². The van der Waals surface area contributed by atoms with Crippen LogP contribution in [0.25, 0.3) is 0 Å². The predicted octanol–water partition coefficient (Wildman–Crippen LogP) is 2.19. The molecule has 2 aromatic rings. The largest absolute Gasteiger partial charge is 0.396 e. The van der Waals surface area contributed by atoms with Crippen LogP contribution in [-0.4, -0.2) is 41.7 Å². The van der Waals surface area contributed by atoms with Crippen LogP contribution in [0.15, 0.2) is 48.5 Å². The van der Waals surface area contributed by atoms with Crippen LogP contribution in [0.2, 0.25) is 0 Å². The lowest BCUT2D eigenvalue weighted by molar-refractivity contribution is 0.0921. The van der Waals surface area contributed by atoms with Crippen LogP contribution in [-0.2, 0) is 6.54 Å². The first-order valence-corrected chi connectivity index (χ1v) is 8.20. The molecule has 2 atom stereocenters. The molecule has 132 valence electrons. The van der Waals surface area contributed by atoms with E-state index in [4.69, 9.17) is 0 Å². The molecule has 0 aliphatic carbocycles. The third kappa shape index (κ3) is 4.21. The van der Waals surface area contributed by atoms with Crippen molar-refractivity contribution in [1.29, 1.82) is 0 Å². The summed E-state index contributed by atoms with van der Waals surface area (Å²) in [6.07, 6.45) is 0. The second-order valence-electron chi connectivity index (χ2n) is 6.32. The quantitative estimate of drug-likeness (QED) is 0.873. The van der Waals surface area contributed by atoms with Crippen LogP contribution in [0, 0.1) is 17.6 Å². The molecule has 1 aliphatic heterocycles. The van der Waals surface area contributed by atoms with Crippen LogP contribution in [0.4, 0.5) is 8.78 Å². The van der Waals surface area contributed by atoms with E-state index in [1.54, 1.807) is 24.3 Å². The lowest BCUT2D eigenvalue weighted by atomic mass is 10.0. The smallest absolute Gasteiger partial charge is 0.251 e. The Balaban J connectivity index is 1.65. The third-order valence-corrected chi connectivity index (χ3v) is 4.51. The minimum atomic E-state index is -0.607. The Morgan fingerprint density at radius 2 is 1.92 bits per heavy atom. The molecule has 0 radical (unpaired) electrons. The van der Waals surface area contributed by atoms with E-state index in [0.717, 1.165) is 6.07 Å². The maximum atomic E-state index is 13.8. The first-order chi connectivity index (χ1) is 12.1. The van der Waals surface area contributed by atoms with Gasteiger partial charge in [-0.2, -0.15) is 0 Å². The average Bonchev–Trinajstić information content (AvgIpc) is 2.99. The van der Waals surface area contributed by atoms with Crippen molar-refractivity contribution >= 4 is 5.91 Å². The molecule has 1 aliphatic rings. The summed E-state index contributed by atoms with van der Waals surface area (Å²) in [7, 11) is 0. The number of nitrogens with zero attached hydrogens (tertiary/aromatic N) is 1. The highest BCUT2D eigenvalue weighted by Gasteiger charge is 2.33. The number of likely N-dealkylation sites (tertiary alicyclic amines) is 1. The van der Waals surface area contributed by atoms with Crippen molar-refractivity contribution in [1.82, 2.24) is 10.2 Å². The van der Waals surface area contributed by atoms with Gasteiger partial charge in [0.1, 0.15) is 11.6 Å². The number of nitrogens with one attached hydrogen (secondary N) is 1. The van der Waals surface area contributed by atoms with Gasteiger partial charge >= 0.3 is 0 Å². The molecule has 25 heavy (non-hydrogen) atoms. The summed E-state index contributed by atoms with van der Waals surface area (Å²) in [5.74, 6) is -1.52. The Labute approximate surface area is 145 Å². The molecule has 0 saturated carbocycles. The van der Waals surface area contributed by atoms with Crippen molar-refractivity contribution in [3.8, 4) is 0 Å². The van der Waals surface area contributed by atoms with E-state index >= 15 is 0 Å². The molecule has 2 N–H and O–H groups in total. The number of aliphatic hydroxyl groups is 1. The lowest BCUT2D eigenvalue weighted by Crippen LogP contribution is -2.41. The maximum Gasteiger partial charge on any atom is 0.251 e. The number of carbonyl (C=O) groups is 1. The predicted molar refractivity (Wildman–Crippen MR) is 89.9 cm³/mol. The van der Waals surface area contributed by atoms with Gasteiger partial charge in [-0.1, -0.05) is 24.3 Å².